The molecule has 0 unspecified atom stereocenters. The number of amides is 1. The number of aliphatic hydroxyl groups excluding tert-OH is 1. The normalized spacial score (nSPS) is 16.9. The zero-order valence-corrected chi connectivity index (χ0v) is 16.2. The van der Waals surface area contributed by atoms with Gasteiger partial charge in [-0.1, -0.05) is 0 Å². The standard InChI is InChI=1S/C21H20N4O2S/c1-12-8-13-9-14(2-3-16(13)23-12)24-17-4-6-22-18-10-19(28-20(17)18)21(27)25-7-5-15(26)11-25/h2-4,6,8-10,15,23,26H,5,7,11H2,1H3,(H,22,24)/t15-/m0/s1. The Morgan fingerprint density at radius 1 is 1.32 bits per heavy atom. The molecular formula is C21H20N4O2S. The van der Waals surface area contributed by atoms with Crippen molar-refractivity contribution in [1.29, 1.82) is 0 Å². The number of anilines is 2. The van der Waals surface area contributed by atoms with Crippen molar-refractivity contribution in [2.45, 2.75) is 19.4 Å². The number of benzene rings is 1. The van der Waals surface area contributed by atoms with E-state index in [4.69, 9.17) is 0 Å². The lowest BCUT2D eigenvalue weighted by Gasteiger charge is -2.13. The number of nitrogens with zero attached hydrogens (tertiary/aromatic N) is 2. The van der Waals surface area contributed by atoms with Gasteiger partial charge in [0.25, 0.3) is 5.91 Å². The Labute approximate surface area is 165 Å². The summed E-state index contributed by atoms with van der Waals surface area (Å²) in [5.74, 6) is -0.0327. The predicted molar refractivity (Wildman–Crippen MR) is 112 cm³/mol. The SMILES string of the molecule is Cc1cc2cc(Nc3ccnc4cc(C(=O)N5CC[C@H](O)C5)sc34)ccc2[nH]1. The lowest BCUT2D eigenvalue weighted by atomic mass is 10.2. The summed E-state index contributed by atoms with van der Waals surface area (Å²) in [4.78, 5) is 22.9. The van der Waals surface area contributed by atoms with Crippen LogP contribution in [0.15, 0.2) is 42.6 Å². The summed E-state index contributed by atoms with van der Waals surface area (Å²) in [7, 11) is 0. The molecule has 3 N–H and O–H groups in total. The van der Waals surface area contributed by atoms with E-state index in [-0.39, 0.29) is 5.91 Å². The van der Waals surface area contributed by atoms with E-state index in [1.807, 2.05) is 25.1 Å². The van der Waals surface area contributed by atoms with Crippen LogP contribution in [0.5, 0.6) is 0 Å². The third kappa shape index (κ3) is 3.02. The third-order valence-electron chi connectivity index (χ3n) is 5.11. The van der Waals surface area contributed by atoms with Crippen molar-refractivity contribution in [2.24, 2.45) is 0 Å². The van der Waals surface area contributed by atoms with Crippen molar-refractivity contribution >= 4 is 49.7 Å². The minimum atomic E-state index is -0.416. The quantitative estimate of drug-likeness (QED) is 0.492. The van der Waals surface area contributed by atoms with Crippen LogP contribution in [-0.4, -0.2) is 45.1 Å². The lowest BCUT2D eigenvalue weighted by molar-refractivity contribution is 0.0770. The summed E-state index contributed by atoms with van der Waals surface area (Å²) in [5.41, 5.74) is 4.97. The average molecular weight is 392 g/mol. The minimum absolute atomic E-state index is 0.0327. The molecule has 28 heavy (non-hydrogen) atoms. The molecule has 1 atom stereocenters. The number of aliphatic hydroxyl groups is 1. The third-order valence-corrected chi connectivity index (χ3v) is 6.25. The van der Waals surface area contributed by atoms with Crippen LogP contribution in [-0.2, 0) is 0 Å². The van der Waals surface area contributed by atoms with Crippen LogP contribution in [0, 0.1) is 6.92 Å². The number of hydrogen-bond donors (Lipinski definition) is 3. The van der Waals surface area contributed by atoms with Gasteiger partial charge in [-0.15, -0.1) is 11.3 Å². The number of rotatable bonds is 3. The molecule has 1 fully saturated rings. The van der Waals surface area contributed by atoms with E-state index in [1.165, 1.54) is 11.3 Å². The average Bonchev–Trinajstić information content (AvgIpc) is 3.38. The molecule has 1 saturated heterocycles. The van der Waals surface area contributed by atoms with Crippen LogP contribution in [0.25, 0.3) is 21.1 Å². The van der Waals surface area contributed by atoms with Gasteiger partial charge in [0, 0.05) is 41.6 Å². The van der Waals surface area contributed by atoms with Crippen LogP contribution < -0.4 is 5.32 Å². The smallest absolute Gasteiger partial charge is 0.264 e. The van der Waals surface area contributed by atoms with Crippen molar-refractivity contribution in [3.63, 3.8) is 0 Å². The highest BCUT2D eigenvalue weighted by Crippen LogP contribution is 2.34. The van der Waals surface area contributed by atoms with Gasteiger partial charge in [0.05, 0.1) is 26.9 Å². The molecule has 4 heterocycles. The summed E-state index contributed by atoms with van der Waals surface area (Å²) in [6.45, 7) is 3.05. The van der Waals surface area contributed by atoms with Crippen molar-refractivity contribution < 1.29 is 9.90 Å². The van der Waals surface area contributed by atoms with Crippen molar-refractivity contribution in [3.8, 4) is 0 Å². The van der Waals surface area contributed by atoms with Crippen molar-refractivity contribution in [1.82, 2.24) is 14.9 Å². The number of β-amino-alcohol motifs (C(OH)–C–C–N with tert-alkyl or cyclic N) is 1. The topological polar surface area (TPSA) is 81.2 Å². The number of pyridine rings is 1. The molecule has 0 bridgehead atoms. The van der Waals surface area contributed by atoms with E-state index >= 15 is 0 Å². The molecule has 6 nitrogen and oxygen atoms in total. The number of carbonyl (C=O) groups excluding carboxylic acids is 1. The molecule has 142 valence electrons. The van der Waals surface area contributed by atoms with Crippen molar-refractivity contribution in [2.75, 3.05) is 18.4 Å². The van der Waals surface area contributed by atoms with E-state index in [0.29, 0.717) is 24.4 Å². The van der Waals surface area contributed by atoms with E-state index in [2.05, 4.69) is 33.5 Å². The Morgan fingerprint density at radius 2 is 2.21 bits per heavy atom. The fourth-order valence-electron chi connectivity index (χ4n) is 3.74. The second-order valence-corrected chi connectivity index (χ2v) is 8.31. The number of likely N-dealkylation sites (tertiary alicyclic amines) is 1. The number of aromatic amines is 1. The minimum Gasteiger partial charge on any atom is -0.391 e. The molecule has 0 radical (unpaired) electrons. The van der Waals surface area contributed by atoms with Gasteiger partial charge in [-0.2, -0.15) is 0 Å². The monoisotopic (exact) mass is 392 g/mol. The Hall–Kier alpha value is -2.90. The summed E-state index contributed by atoms with van der Waals surface area (Å²) in [5, 5.41) is 14.3. The maximum absolute atomic E-state index is 12.8. The molecule has 1 aliphatic rings. The summed E-state index contributed by atoms with van der Waals surface area (Å²) < 4.78 is 0.955. The second-order valence-electron chi connectivity index (χ2n) is 7.26. The van der Waals surface area contributed by atoms with E-state index in [0.717, 1.165) is 38.2 Å². The molecule has 1 aliphatic heterocycles. The fourth-order valence-corrected chi connectivity index (χ4v) is 4.79. The molecule has 3 aromatic heterocycles. The predicted octanol–water partition coefficient (Wildman–Crippen LogP) is 4.04. The van der Waals surface area contributed by atoms with Crippen LogP contribution in [0.2, 0.25) is 0 Å². The number of aryl methyl sites for hydroxylation is 1. The Kier molecular flexibility index (Phi) is 4.07. The molecular weight excluding hydrogens is 372 g/mol. The molecule has 4 aromatic rings. The van der Waals surface area contributed by atoms with E-state index < -0.39 is 6.10 Å². The van der Waals surface area contributed by atoms with Gasteiger partial charge in [-0.25, -0.2) is 0 Å². The van der Waals surface area contributed by atoms with Gasteiger partial charge in [0.1, 0.15) is 0 Å². The van der Waals surface area contributed by atoms with Gasteiger partial charge in [0.15, 0.2) is 0 Å². The van der Waals surface area contributed by atoms with Crippen molar-refractivity contribution in [3.05, 3.63) is 53.2 Å². The molecule has 0 aliphatic carbocycles. The van der Waals surface area contributed by atoms with Crippen LogP contribution >= 0.6 is 11.3 Å². The fraction of sp³-hybridized carbons (Fsp3) is 0.238. The molecule has 1 amide bonds. The summed E-state index contributed by atoms with van der Waals surface area (Å²) >= 11 is 1.44. The van der Waals surface area contributed by atoms with Crippen LogP contribution in [0.1, 0.15) is 21.8 Å². The van der Waals surface area contributed by atoms with Gasteiger partial charge in [-0.3, -0.25) is 9.78 Å². The zero-order valence-electron chi connectivity index (χ0n) is 15.4. The maximum atomic E-state index is 12.8. The van der Waals surface area contributed by atoms with Crippen LogP contribution in [0.4, 0.5) is 11.4 Å². The lowest BCUT2D eigenvalue weighted by Crippen LogP contribution is -2.28. The zero-order chi connectivity index (χ0) is 19.3. The Morgan fingerprint density at radius 3 is 3.04 bits per heavy atom. The second kappa shape index (κ2) is 6.61. The summed E-state index contributed by atoms with van der Waals surface area (Å²) in [6, 6.07) is 12.1. The van der Waals surface area contributed by atoms with Gasteiger partial charge in [0.2, 0.25) is 0 Å². The highest BCUT2D eigenvalue weighted by atomic mass is 32.1. The van der Waals surface area contributed by atoms with Crippen LogP contribution in [0.3, 0.4) is 0 Å². The molecule has 1 aromatic carbocycles. The Balaban J connectivity index is 1.47. The van der Waals surface area contributed by atoms with E-state index in [9.17, 15) is 9.90 Å². The van der Waals surface area contributed by atoms with Gasteiger partial charge in [-0.05, 0) is 49.7 Å². The number of H-pyrrole nitrogens is 1. The molecule has 5 rings (SSSR count). The first-order valence-corrected chi connectivity index (χ1v) is 10.1. The molecule has 0 spiro atoms. The number of nitrogens with one attached hydrogen (secondary N) is 2. The number of fused-ring (bicyclic) bond motifs is 2. The number of hydrogen-bond acceptors (Lipinski definition) is 5. The maximum Gasteiger partial charge on any atom is 0.264 e. The molecule has 0 saturated carbocycles. The number of aromatic nitrogens is 2. The number of thiophene rings is 1. The van der Waals surface area contributed by atoms with E-state index in [1.54, 1.807) is 11.1 Å². The highest BCUT2D eigenvalue weighted by molar-refractivity contribution is 7.21. The summed E-state index contributed by atoms with van der Waals surface area (Å²) in [6.07, 6.45) is 1.98. The first-order valence-electron chi connectivity index (χ1n) is 9.29. The largest absolute Gasteiger partial charge is 0.391 e. The first kappa shape index (κ1) is 17.2. The highest BCUT2D eigenvalue weighted by Gasteiger charge is 2.26. The molecule has 7 heteroatoms. The van der Waals surface area contributed by atoms with Gasteiger partial charge >= 0.3 is 0 Å². The van der Waals surface area contributed by atoms with Gasteiger partial charge < -0.3 is 20.3 Å². The Bertz CT molecular complexity index is 1200. The number of carbonyl (C=O) groups is 1. The first-order chi connectivity index (χ1) is 13.6.